The average Bonchev–Trinajstić information content (AvgIpc) is 2.04. The number of hydrogen-bond donors (Lipinski definition) is 0. The van der Waals surface area contributed by atoms with Crippen LogP contribution in [0.15, 0.2) is 12.3 Å². The van der Waals surface area contributed by atoms with Gasteiger partial charge in [-0.25, -0.2) is 8.78 Å². The van der Waals surface area contributed by atoms with Crippen molar-refractivity contribution in [3.05, 3.63) is 29.1 Å². The van der Waals surface area contributed by atoms with Gasteiger partial charge in [-0.15, -0.1) is 0 Å². The maximum atomic E-state index is 12.2. The van der Waals surface area contributed by atoms with Crippen molar-refractivity contribution in [2.24, 2.45) is 0 Å². The highest BCUT2D eigenvalue weighted by atomic mass is 19.3. The van der Waals surface area contributed by atoms with Crippen LogP contribution < -0.4 is 0 Å². The summed E-state index contributed by atoms with van der Waals surface area (Å²) < 4.78 is 24.4. The third kappa shape index (κ3) is 1.56. The molecule has 0 aliphatic rings. The lowest BCUT2D eigenvalue weighted by Crippen LogP contribution is -1.93. The summed E-state index contributed by atoms with van der Waals surface area (Å²) in [5.74, 6) is 0. The second kappa shape index (κ2) is 3.26. The van der Waals surface area contributed by atoms with Crippen molar-refractivity contribution in [2.45, 2.75) is 13.3 Å². The third-order valence-electron chi connectivity index (χ3n) is 1.43. The number of pyridine rings is 1. The molecule has 0 aromatic carbocycles. The van der Waals surface area contributed by atoms with Crippen molar-refractivity contribution < 1.29 is 8.78 Å². The molecule has 1 heterocycles. The lowest BCUT2D eigenvalue weighted by atomic mass is 10.1. The van der Waals surface area contributed by atoms with E-state index in [2.05, 4.69) is 4.98 Å². The van der Waals surface area contributed by atoms with E-state index in [9.17, 15) is 8.78 Å². The molecule has 0 aliphatic carbocycles. The summed E-state index contributed by atoms with van der Waals surface area (Å²) in [4.78, 5) is 3.74. The summed E-state index contributed by atoms with van der Waals surface area (Å²) in [5.41, 5.74) is 0.185. The van der Waals surface area contributed by atoms with Crippen LogP contribution in [0.4, 0.5) is 8.78 Å². The number of nitriles is 1. The van der Waals surface area contributed by atoms with Gasteiger partial charge >= 0.3 is 0 Å². The van der Waals surface area contributed by atoms with E-state index in [-0.39, 0.29) is 11.1 Å². The summed E-state index contributed by atoms with van der Waals surface area (Å²) in [5, 5.41) is 8.43. The monoisotopic (exact) mass is 168 g/mol. The van der Waals surface area contributed by atoms with E-state index >= 15 is 0 Å². The molecule has 1 aromatic rings. The van der Waals surface area contributed by atoms with Crippen LogP contribution in [-0.2, 0) is 0 Å². The Labute approximate surface area is 68.5 Å². The molecule has 2 nitrogen and oxygen atoms in total. The lowest BCUT2D eigenvalue weighted by Gasteiger charge is -2.01. The van der Waals surface area contributed by atoms with E-state index in [1.54, 1.807) is 13.0 Å². The lowest BCUT2D eigenvalue weighted by molar-refractivity contribution is 0.151. The molecule has 0 saturated heterocycles. The maximum Gasteiger partial charge on any atom is 0.265 e. The van der Waals surface area contributed by atoms with Crippen LogP contribution in [0.5, 0.6) is 0 Å². The van der Waals surface area contributed by atoms with Crippen molar-refractivity contribution in [3.63, 3.8) is 0 Å². The van der Waals surface area contributed by atoms with Crippen LogP contribution in [-0.4, -0.2) is 4.98 Å². The predicted molar refractivity (Wildman–Crippen MR) is 38.6 cm³/mol. The number of alkyl halides is 2. The molecule has 0 amide bonds. The zero-order valence-electron chi connectivity index (χ0n) is 6.38. The minimum Gasteiger partial charge on any atom is -0.260 e. The van der Waals surface area contributed by atoms with Gasteiger partial charge in [0.05, 0.1) is 5.56 Å². The van der Waals surface area contributed by atoms with Gasteiger partial charge in [0.2, 0.25) is 0 Å². The zero-order chi connectivity index (χ0) is 9.14. The van der Waals surface area contributed by atoms with Gasteiger partial charge in [-0.1, -0.05) is 0 Å². The first-order valence-electron chi connectivity index (χ1n) is 3.30. The Balaban J connectivity index is 3.24. The Morgan fingerprint density at radius 1 is 1.58 bits per heavy atom. The average molecular weight is 168 g/mol. The Morgan fingerprint density at radius 2 is 2.25 bits per heavy atom. The number of halogens is 2. The van der Waals surface area contributed by atoms with E-state index in [0.717, 1.165) is 6.20 Å². The molecule has 0 spiro atoms. The van der Waals surface area contributed by atoms with Gasteiger partial charge in [0.25, 0.3) is 6.43 Å². The normalized spacial score (nSPS) is 9.92. The van der Waals surface area contributed by atoms with Crippen molar-refractivity contribution >= 4 is 0 Å². The highest BCUT2D eigenvalue weighted by molar-refractivity contribution is 5.36. The molecule has 62 valence electrons. The van der Waals surface area contributed by atoms with Crippen LogP contribution >= 0.6 is 0 Å². The van der Waals surface area contributed by atoms with Gasteiger partial charge in [-0.2, -0.15) is 5.26 Å². The second-order valence-corrected chi connectivity index (χ2v) is 2.33. The molecular formula is C8H6F2N2. The maximum absolute atomic E-state index is 12.2. The van der Waals surface area contributed by atoms with E-state index < -0.39 is 6.43 Å². The molecule has 4 heteroatoms. The predicted octanol–water partition coefficient (Wildman–Crippen LogP) is 2.20. The van der Waals surface area contributed by atoms with E-state index in [1.165, 1.54) is 6.07 Å². The second-order valence-electron chi connectivity index (χ2n) is 2.33. The molecule has 1 rings (SSSR count). The van der Waals surface area contributed by atoms with Gasteiger partial charge in [0.15, 0.2) is 0 Å². The quantitative estimate of drug-likeness (QED) is 0.644. The number of hydrogen-bond acceptors (Lipinski definition) is 2. The summed E-state index contributed by atoms with van der Waals surface area (Å²) in [7, 11) is 0. The molecule has 0 N–H and O–H groups in total. The van der Waals surface area contributed by atoms with Crippen molar-refractivity contribution in [3.8, 4) is 6.07 Å². The van der Waals surface area contributed by atoms with Crippen LogP contribution in [0.2, 0.25) is 0 Å². The van der Waals surface area contributed by atoms with Crippen LogP contribution in [0, 0.1) is 18.3 Å². The van der Waals surface area contributed by atoms with Crippen molar-refractivity contribution in [1.82, 2.24) is 4.98 Å². The first-order valence-corrected chi connectivity index (χ1v) is 3.30. The Bertz CT molecular complexity index is 328. The fraction of sp³-hybridized carbons (Fsp3) is 0.250. The minimum atomic E-state index is -2.61. The summed E-state index contributed by atoms with van der Waals surface area (Å²) in [6, 6.07) is 2.89. The minimum absolute atomic E-state index is 0.0596. The van der Waals surface area contributed by atoms with Crippen molar-refractivity contribution in [1.29, 1.82) is 5.26 Å². The summed E-state index contributed by atoms with van der Waals surface area (Å²) >= 11 is 0. The van der Waals surface area contributed by atoms with Gasteiger partial charge in [0.1, 0.15) is 6.07 Å². The number of aromatic nitrogens is 1. The molecule has 0 aliphatic heterocycles. The Kier molecular flexibility index (Phi) is 2.34. The largest absolute Gasteiger partial charge is 0.265 e. The molecule has 0 bridgehead atoms. The number of aryl methyl sites for hydroxylation is 1. The zero-order valence-corrected chi connectivity index (χ0v) is 6.38. The third-order valence-corrected chi connectivity index (χ3v) is 1.43. The number of nitrogens with zero attached hydrogens (tertiary/aromatic N) is 2. The molecule has 1 aromatic heterocycles. The molecule has 0 atom stereocenters. The smallest absolute Gasteiger partial charge is 0.260 e. The topological polar surface area (TPSA) is 36.7 Å². The Morgan fingerprint density at radius 3 is 2.75 bits per heavy atom. The fourth-order valence-electron chi connectivity index (χ4n) is 0.855. The fourth-order valence-corrected chi connectivity index (χ4v) is 0.855. The van der Waals surface area contributed by atoms with Gasteiger partial charge in [-0.05, 0) is 13.0 Å². The highest BCUT2D eigenvalue weighted by Gasteiger charge is 2.12. The molecule has 0 radical (unpaired) electrons. The first-order chi connectivity index (χ1) is 5.65. The number of rotatable bonds is 1. The van der Waals surface area contributed by atoms with E-state index in [0.29, 0.717) is 5.69 Å². The Hall–Kier alpha value is -1.50. The first kappa shape index (κ1) is 8.60. The highest BCUT2D eigenvalue weighted by Crippen LogP contribution is 2.22. The molecular weight excluding hydrogens is 162 g/mol. The molecule has 12 heavy (non-hydrogen) atoms. The van der Waals surface area contributed by atoms with Gasteiger partial charge in [-0.3, -0.25) is 4.98 Å². The van der Waals surface area contributed by atoms with Crippen molar-refractivity contribution in [2.75, 3.05) is 0 Å². The molecule has 0 fully saturated rings. The van der Waals surface area contributed by atoms with Crippen LogP contribution in [0.3, 0.4) is 0 Å². The standard InChI is InChI=1S/C8H6F2N2/c1-5-2-7(8(9)10)6(3-11)4-12-5/h2,4,8H,1H3. The van der Waals surface area contributed by atoms with Crippen LogP contribution in [0.25, 0.3) is 0 Å². The molecule has 0 unspecified atom stereocenters. The van der Waals surface area contributed by atoms with E-state index in [1.807, 2.05) is 0 Å². The van der Waals surface area contributed by atoms with Crippen LogP contribution in [0.1, 0.15) is 23.2 Å². The molecule has 0 saturated carbocycles. The summed E-state index contributed by atoms with van der Waals surface area (Å²) in [6.45, 7) is 1.60. The van der Waals surface area contributed by atoms with Gasteiger partial charge < -0.3 is 0 Å². The summed E-state index contributed by atoms with van der Waals surface area (Å²) in [6.07, 6.45) is -1.45. The SMILES string of the molecule is Cc1cc(C(F)F)c(C#N)cn1. The van der Waals surface area contributed by atoms with E-state index in [4.69, 9.17) is 5.26 Å². The van der Waals surface area contributed by atoms with Gasteiger partial charge in [0, 0.05) is 17.5 Å².